The molecule has 122 valence electrons. The molecule has 0 bridgehead atoms. The Balaban J connectivity index is 1.67. The standard InChI is InChI=1S/C17H13FN2O3S/c1-20-11-7-6-10(18)8-15(11)24-17(20)19-16(21)14-9-22-12-4-2-3-5-13(12)23-14/h2-8,14H,9H2,1H3/t14-/m0/s1. The second-order valence-electron chi connectivity index (χ2n) is 5.37. The Hall–Kier alpha value is -2.67. The van der Waals surface area contributed by atoms with Crippen LogP contribution in [-0.2, 0) is 11.8 Å². The number of aromatic nitrogens is 1. The number of fused-ring (bicyclic) bond motifs is 2. The number of nitrogens with zero attached hydrogens (tertiary/aromatic N) is 2. The first-order valence-electron chi connectivity index (χ1n) is 7.34. The number of benzene rings is 2. The number of amides is 1. The van der Waals surface area contributed by atoms with Crippen molar-refractivity contribution in [2.75, 3.05) is 6.61 Å². The highest BCUT2D eigenvalue weighted by molar-refractivity contribution is 7.16. The molecule has 3 aromatic rings. The molecule has 5 nitrogen and oxygen atoms in total. The Bertz CT molecular complexity index is 1010. The van der Waals surface area contributed by atoms with Crippen molar-refractivity contribution < 1.29 is 18.7 Å². The van der Waals surface area contributed by atoms with E-state index in [1.165, 1.54) is 23.5 Å². The highest BCUT2D eigenvalue weighted by atomic mass is 32.1. The first-order valence-corrected chi connectivity index (χ1v) is 8.15. The molecular weight excluding hydrogens is 331 g/mol. The molecule has 2 heterocycles. The zero-order valence-electron chi connectivity index (χ0n) is 12.7. The van der Waals surface area contributed by atoms with Crippen molar-refractivity contribution in [1.82, 2.24) is 4.57 Å². The van der Waals surface area contributed by atoms with Crippen molar-refractivity contribution in [3.05, 3.63) is 53.1 Å². The second-order valence-corrected chi connectivity index (χ2v) is 6.38. The molecule has 4 rings (SSSR count). The van der Waals surface area contributed by atoms with Crippen molar-refractivity contribution in [2.45, 2.75) is 6.10 Å². The summed E-state index contributed by atoms with van der Waals surface area (Å²) >= 11 is 1.26. The summed E-state index contributed by atoms with van der Waals surface area (Å²) in [5, 5.41) is 0. The summed E-state index contributed by atoms with van der Waals surface area (Å²) in [6, 6.07) is 11.7. The zero-order valence-corrected chi connectivity index (χ0v) is 13.5. The predicted octanol–water partition coefficient (Wildman–Crippen LogP) is 2.65. The van der Waals surface area contributed by atoms with Crippen molar-refractivity contribution in [3.63, 3.8) is 0 Å². The number of halogens is 1. The monoisotopic (exact) mass is 344 g/mol. The Kier molecular flexibility index (Phi) is 3.57. The fourth-order valence-electron chi connectivity index (χ4n) is 2.52. The van der Waals surface area contributed by atoms with E-state index >= 15 is 0 Å². The van der Waals surface area contributed by atoms with Crippen LogP contribution >= 0.6 is 11.3 Å². The summed E-state index contributed by atoms with van der Waals surface area (Å²) in [5.74, 6) is 0.402. The van der Waals surface area contributed by atoms with Crippen molar-refractivity contribution >= 4 is 27.5 Å². The molecule has 0 unspecified atom stereocenters. The van der Waals surface area contributed by atoms with E-state index in [1.807, 2.05) is 12.1 Å². The van der Waals surface area contributed by atoms with E-state index in [0.29, 0.717) is 16.3 Å². The lowest BCUT2D eigenvalue weighted by atomic mass is 10.2. The molecule has 1 atom stereocenters. The SMILES string of the molecule is Cn1c(=NC(=O)[C@@H]2COc3ccccc3O2)sc2cc(F)ccc21. The van der Waals surface area contributed by atoms with Crippen molar-refractivity contribution in [1.29, 1.82) is 0 Å². The number of thiazole rings is 1. The molecule has 2 aromatic carbocycles. The number of hydrogen-bond acceptors (Lipinski definition) is 4. The minimum atomic E-state index is -0.790. The van der Waals surface area contributed by atoms with Gasteiger partial charge in [0.25, 0.3) is 5.91 Å². The summed E-state index contributed by atoms with van der Waals surface area (Å²) in [4.78, 5) is 17.0. The molecule has 0 saturated heterocycles. The topological polar surface area (TPSA) is 52.8 Å². The van der Waals surface area contributed by atoms with Crippen molar-refractivity contribution in [3.8, 4) is 11.5 Å². The van der Waals surface area contributed by atoms with Crippen LogP contribution in [0.15, 0.2) is 47.5 Å². The van der Waals surface area contributed by atoms with Crippen LogP contribution in [0, 0.1) is 5.82 Å². The number of para-hydroxylation sites is 2. The number of ether oxygens (including phenoxy) is 2. The Morgan fingerprint density at radius 3 is 2.92 bits per heavy atom. The van der Waals surface area contributed by atoms with Gasteiger partial charge >= 0.3 is 0 Å². The maximum atomic E-state index is 13.3. The summed E-state index contributed by atoms with van der Waals surface area (Å²) in [7, 11) is 1.79. The summed E-state index contributed by atoms with van der Waals surface area (Å²) in [5.41, 5.74) is 0.819. The number of rotatable bonds is 1. The lowest BCUT2D eigenvalue weighted by Crippen LogP contribution is -2.36. The van der Waals surface area contributed by atoms with E-state index in [9.17, 15) is 9.18 Å². The maximum absolute atomic E-state index is 13.3. The molecule has 7 heteroatoms. The molecule has 0 N–H and O–H groups in total. The fourth-order valence-corrected chi connectivity index (χ4v) is 3.57. The summed E-state index contributed by atoms with van der Waals surface area (Å²) in [6.07, 6.45) is -0.790. The maximum Gasteiger partial charge on any atom is 0.292 e. The van der Waals surface area contributed by atoms with E-state index < -0.39 is 12.0 Å². The normalized spacial score (nSPS) is 17.2. The van der Waals surface area contributed by atoms with Gasteiger partial charge < -0.3 is 14.0 Å². The van der Waals surface area contributed by atoms with Crippen LogP contribution in [0.5, 0.6) is 11.5 Å². The third-order valence-corrected chi connectivity index (χ3v) is 4.86. The van der Waals surface area contributed by atoms with Gasteiger partial charge in [-0.25, -0.2) is 4.39 Å². The van der Waals surface area contributed by atoms with Gasteiger partial charge in [-0.3, -0.25) is 4.79 Å². The van der Waals surface area contributed by atoms with Crippen LogP contribution in [0.4, 0.5) is 4.39 Å². The van der Waals surface area contributed by atoms with E-state index in [4.69, 9.17) is 9.47 Å². The Morgan fingerprint density at radius 1 is 1.29 bits per heavy atom. The van der Waals surface area contributed by atoms with Gasteiger partial charge in [0.05, 0.1) is 10.2 Å². The van der Waals surface area contributed by atoms with Gasteiger partial charge in [-0.15, -0.1) is 0 Å². The van der Waals surface area contributed by atoms with Gasteiger partial charge in [-0.1, -0.05) is 23.5 Å². The third kappa shape index (κ3) is 2.56. The first-order chi connectivity index (χ1) is 11.6. The van der Waals surface area contributed by atoms with Crippen LogP contribution < -0.4 is 14.3 Å². The van der Waals surface area contributed by atoms with E-state index in [-0.39, 0.29) is 12.4 Å². The number of carbonyl (C=O) groups is 1. The average molecular weight is 344 g/mol. The summed E-state index contributed by atoms with van der Waals surface area (Å²) < 4.78 is 27.0. The molecule has 0 fully saturated rings. The van der Waals surface area contributed by atoms with Gasteiger partial charge in [0, 0.05) is 7.05 Å². The van der Waals surface area contributed by atoms with E-state index in [0.717, 1.165) is 10.2 Å². The summed E-state index contributed by atoms with van der Waals surface area (Å²) in [6.45, 7) is 0.114. The highest BCUT2D eigenvalue weighted by Crippen LogP contribution is 2.31. The zero-order chi connectivity index (χ0) is 16.7. The lowest BCUT2D eigenvalue weighted by molar-refractivity contribution is -0.127. The molecule has 24 heavy (non-hydrogen) atoms. The molecular formula is C17H13FN2O3S. The Labute approximate surface area is 140 Å². The second kappa shape index (κ2) is 5.76. The Morgan fingerprint density at radius 2 is 2.08 bits per heavy atom. The number of hydrogen-bond donors (Lipinski definition) is 0. The highest BCUT2D eigenvalue weighted by Gasteiger charge is 2.27. The smallest absolute Gasteiger partial charge is 0.292 e. The molecule has 0 aliphatic carbocycles. The largest absolute Gasteiger partial charge is 0.485 e. The molecule has 1 aliphatic rings. The molecule has 0 spiro atoms. The third-order valence-electron chi connectivity index (χ3n) is 3.76. The minimum Gasteiger partial charge on any atom is -0.485 e. The van der Waals surface area contributed by atoms with E-state index in [2.05, 4.69) is 4.99 Å². The number of carbonyl (C=O) groups excluding carboxylic acids is 1. The minimum absolute atomic E-state index is 0.114. The van der Waals surface area contributed by atoms with Crippen LogP contribution in [0.3, 0.4) is 0 Å². The van der Waals surface area contributed by atoms with Gasteiger partial charge in [-0.2, -0.15) is 4.99 Å². The quantitative estimate of drug-likeness (QED) is 0.682. The first kappa shape index (κ1) is 14.9. The van der Waals surface area contributed by atoms with Crippen LogP contribution in [0.25, 0.3) is 10.2 Å². The number of aryl methyl sites for hydroxylation is 1. The lowest BCUT2D eigenvalue weighted by Gasteiger charge is -2.23. The van der Waals surface area contributed by atoms with Crippen LogP contribution in [-0.4, -0.2) is 23.2 Å². The molecule has 1 amide bonds. The van der Waals surface area contributed by atoms with Gasteiger partial charge in [-0.05, 0) is 30.3 Å². The van der Waals surface area contributed by atoms with Crippen LogP contribution in [0.2, 0.25) is 0 Å². The van der Waals surface area contributed by atoms with Gasteiger partial charge in [0.15, 0.2) is 16.3 Å². The van der Waals surface area contributed by atoms with E-state index in [1.54, 1.807) is 29.8 Å². The van der Waals surface area contributed by atoms with Gasteiger partial charge in [0.1, 0.15) is 12.4 Å². The van der Waals surface area contributed by atoms with Gasteiger partial charge in [0.2, 0.25) is 6.10 Å². The van der Waals surface area contributed by atoms with Crippen LogP contribution in [0.1, 0.15) is 0 Å². The van der Waals surface area contributed by atoms with Crippen molar-refractivity contribution in [2.24, 2.45) is 12.0 Å². The predicted molar refractivity (Wildman–Crippen MR) is 87.7 cm³/mol. The molecule has 1 aliphatic heterocycles. The molecule has 1 aromatic heterocycles. The average Bonchev–Trinajstić information content (AvgIpc) is 2.89. The molecule has 0 saturated carbocycles. The molecule has 0 radical (unpaired) electrons. The fraction of sp³-hybridized carbons (Fsp3) is 0.176.